The van der Waals surface area contributed by atoms with E-state index in [1.807, 2.05) is 6.92 Å². The number of rotatable bonds is 3. The van der Waals surface area contributed by atoms with Crippen molar-refractivity contribution in [1.29, 1.82) is 0 Å². The van der Waals surface area contributed by atoms with Gasteiger partial charge in [-0.2, -0.15) is 0 Å². The molecule has 1 aromatic rings. The lowest BCUT2D eigenvalue weighted by molar-refractivity contribution is -0.126. The fourth-order valence-corrected chi connectivity index (χ4v) is 3.83. The third-order valence-corrected chi connectivity index (χ3v) is 5.34. The van der Waals surface area contributed by atoms with Gasteiger partial charge in [-0.3, -0.25) is 4.79 Å². The van der Waals surface area contributed by atoms with E-state index >= 15 is 0 Å². The summed E-state index contributed by atoms with van der Waals surface area (Å²) in [5, 5.41) is 11.1. The molecule has 0 unspecified atom stereocenters. The Morgan fingerprint density at radius 1 is 1.39 bits per heavy atom. The van der Waals surface area contributed by atoms with E-state index in [0.29, 0.717) is 38.7 Å². The van der Waals surface area contributed by atoms with E-state index in [1.54, 1.807) is 17.0 Å². The van der Waals surface area contributed by atoms with Crippen molar-refractivity contribution in [3.8, 4) is 5.95 Å². The molecule has 1 N–H and O–H groups in total. The van der Waals surface area contributed by atoms with Crippen molar-refractivity contribution in [1.82, 2.24) is 4.90 Å². The average molecular weight is 323 g/mol. The molecule has 23 heavy (non-hydrogen) atoms. The number of amides is 1. The molecular weight excluding hydrogens is 298 g/mol. The van der Waals surface area contributed by atoms with Crippen molar-refractivity contribution in [2.24, 2.45) is 11.8 Å². The first-order valence-corrected chi connectivity index (χ1v) is 8.28. The molecule has 6 heteroatoms. The van der Waals surface area contributed by atoms with Crippen LogP contribution in [-0.4, -0.2) is 54.9 Å². The second-order valence-corrected chi connectivity index (χ2v) is 6.60. The van der Waals surface area contributed by atoms with Crippen molar-refractivity contribution in [2.45, 2.75) is 31.8 Å². The Bertz CT molecular complexity index is 551. The number of piperidine rings is 1. The third-order valence-electron chi connectivity index (χ3n) is 5.34. The largest absolute Gasteiger partial charge is 0.468 e. The molecule has 1 aromatic heterocycles. The van der Waals surface area contributed by atoms with Gasteiger partial charge in [0.25, 0.3) is 11.9 Å². The molecule has 2 saturated heterocycles. The summed E-state index contributed by atoms with van der Waals surface area (Å²) in [5.74, 6) is 0.754. The molecule has 1 amide bonds. The van der Waals surface area contributed by atoms with Gasteiger partial charge in [0.05, 0.1) is 12.7 Å². The number of hydrogen-bond donors (Lipinski definition) is 1. The van der Waals surface area contributed by atoms with Crippen LogP contribution in [-0.2, 0) is 4.74 Å². The van der Waals surface area contributed by atoms with Gasteiger partial charge in [-0.1, -0.05) is 6.92 Å². The third kappa shape index (κ3) is 3.10. The van der Waals surface area contributed by atoms with Gasteiger partial charge in [-0.05, 0) is 31.2 Å². The molecule has 128 valence electrons. The molecule has 0 spiro atoms. The molecule has 3 rings (SSSR count). The lowest BCUT2D eigenvalue weighted by atomic mass is 9.70. The van der Waals surface area contributed by atoms with Crippen LogP contribution in [0.15, 0.2) is 16.5 Å². The lowest BCUT2D eigenvalue weighted by Gasteiger charge is -2.48. The minimum absolute atomic E-state index is 0.0279. The van der Waals surface area contributed by atoms with Gasteiger partial charge >= 0.3 is 0 Å². The molecule has 0 bridgehead atoms. The van der Waals surface area contributed by atoms with Crippen LogP contribution in [0.5, 0.6) is 5.95 Å². The van der Waals surface area contributed by atoms with Crippen LogP contribution >= 0.6 is 0 Å². The Kier molecular flexibility index (Phi) is 4.64. The zero-order valence-electron chi connectivity index (χ0n) is 13.8. The van der Waals surface area contributed by atoms with Gasteiger partial charge in [0.15, 0.2) is 5.76 Å². The topological polar surface area (TPSA) is 72.1 Å². The zero-order valence-corrected chi connectivity index (χ0v) is 13.8. The number of ether oxygens (including phenoxy) is 2. The second kappa shape index (κ2) is 6.53. The summed E-state index contributed by atoms with van der Waals surface area (Å²) < 4.78 is 15.7. The Morgan fingerprint density at radius 2 is 2.13 bits per heavy atom. The number of methoxy groups -OCH3 is 1. The van der Waals surface area contributed by atoms with E-state index in [4.69, 9.17) is 13.9 Å². The minimum atomic E-state index is -0.707. The predicted octanol–water partition coefficient (Wildman–Crippen LogP) is 1.93. The van der Waals surface area contributed by atoms with Crippen LogP contribution in [0, 0.1) is 11.8 Å². The smallest absolute Gasteiger partial charge is 0.289 e. The quantitative estimate of drug-likeness (QED) is 0.920. The number of furan rings is 1. The van der Waals surface area contributed by atoms with Gasteiger partial charge in [0.2, 0.25) is 0 Å². The summed E-state index contributed by atoms with van der Waals surface area (Å²) in [6.45, 7) is 4.54. The summed E-state index contributed by atoms with van der Waals surface area (Å²) >= 11 is 0. The summed E-state index contributed by atoms with van der Waals surface area (Å²) in [5.41, 5.74) is -0.707. The van der Waals surface area contributed by atoms with Crippen molar-refractivity contribution in [2.75, 3.05) is 33.4 Å². The molecule has 2 aliphatic heterocycles. The summed E-state index contributed by atoms with van der Waals surface area (Å²) in [7, 11) is 1.50. The van der Waals surface area contributed by atoms with Crippen molar-refractivity contribution in [3.63, 3.8) is 0 Å². The highest BCUT2D eigenvalue weighted by Crippen LogP contribution is 2.39. The standard InChI is InChI=1S/C17H25NO5/c1-12-11-18(16(19)14-3-4-15(21-2)23-14)8-7-17(12,20)13-5-9-22-10-6-13/h3-4,12-13,20H,5-11H2,1-2H3/t12-,17+/m1/s1. The van der Waals surface area contributed by atoms with E-state index in [1.165, 1.54) is 7.11 Å². The van der Waals surface area contributed by atoms with Crippen molar-refractivity contribution < 1.29 is 23.8 Å². The summed E-state index contributed by atoms with van der Waals surface area (Å²) in [6.07, 6.45) is 2.39. The Morgan fingerprint density at radius 3 is 2.74 bits per heavy atom. The van der Waals surface area contributed by atoms with Crippen LogP contribution in [0.1, 0.15) is 36.7 Å². The van der Waals surface area contributed by atoms with Gasteiger partial charge in [0.1, 0.15) is 0 Å². The molecule has 2 aliphatic rings. The van der Waals surface area contributed by atoms with Crippen LogP contribution in [0.4, 0.5) is 0 Å². The first-order valence-electron chi connectivity index (χ1n) is 8.28. The molecule has 2 atom stereocenters. The number of aliphatic hydroxyl groups is 1. The van der Waals surface area contributed by atoms with E-state index in [2.05, 4.69) is 0 Å². The molecule has 0 aliphatic carbocycles. The average Bonchev–Trinajstić information content (AvgIpc) is 3.06. The van der Waals surface area contributed by atoms with Gasteiger partial charge in [-0.25, -0.2) is 0 Å². The highest BCUT2D eigenvalue weighted by molar-refractivity contribution is 5.91. The number of likely N-dealkylation sites (tertiary alicyclic amines) is 1. The van der Waals surface area contributed by atoms with Crippen LogP contribution < -0.4 is 4.74 Å². The van der Waals surface area contributed by atoms with Crippen LogP contribution in [0.3, 0.4) is 0 Å². The summed E-state index contributed by atoms with van der Waals surface area (Å²) in [6, 6.07) is 3.27. The highest BCUT2D eigenvalue weighted by atomic mass is 16.6. The molecule has 6 nitrogen and oxygen atoms in total. The number of nitrogens with zero attached hydrogens (tertiary/aromatic N) is 1. The van der Waals surface area contributed by atoms with E-state index in [0.717, 1.165) is 12.8 Å². The molecule has 0 radical (unpaired) electrons. The van der Waals surface area contributed by atoms with Crippen LogP contribution in [0.25, 0.3) is 0 Å². The second-order valence-electron chi connectivity index (χ2n) is 6.60. The van der Waals surface area contributed by atoms with E-state index in [-0.39, 0.29) is 23.5 Å². The van der Waals surface area contributed by atoms with E-state index < -0.39 is 5.60 Å². The molecule has 0 saturated carbocycles. The monoisotopic (exact) mass is 323 g/mol. The SMILES string of the molecule is COc1ccc(C(=O)N2CC[C@@](O)(C3CCOCC3)[C@H](C)C2)o1. The van der Waals surface area contributed by atoms with Crippen LogP contribution in [0.2, 0.25) is 0 Å². The number of carbonyl (C=O) groups excluding carboxylic acids is 1. The van der Waals surface area contributed by atoms with Gasteiger partial charge in [-0.15, -0.1) is 0 Å². The Labute approximate surface area is 136 Å². The first kappa shape index (κ1) is 16.3. The molecule has 0 aromatic carbocycles. The summed E-state index contributed by atoms with van der Waals surface area (Å²) in [4.78, 5) is 14.3. The normalized spacial score (nSPS) is 29.5. The Balaban J connectivity index is 1.66. The lowest BCUT2D eigenvalue weighted by Crippen LogP contribution is -2.56. The van der Waals surface area contributed by atoms with E-state index in [9.17, 15) is 9.90 Å². The van der Waals surface area contributed by atoms with Crippen molar-refractivity contribution >= 4 is 5.91 Å². The minimum Gasteiger partial charge on any atom is -0.468 e. The molecule has 3 heterocycles. The molecular formula is C17H25NO5. The predicted molar refractivity (Wildman–Crippen MR) is 83.4 cm³/mol. The number of carbonyl (C=O) groups is 1. The Hall–Kier alpha value is -1.53. The maximum atomic E-state index is 12.5. The molecule has 2 fully saturated rings. The van der Waals surface area contributed by atoms with Gasteiger partial charge in [0, 0.05) is 38.3 Å². The fraction of sp³-hybridized carbons (Fsp3) is 0.706. The zero-order chi connectivity index (χ0) is 16.4. The van der Waals surface area contributed by atoms with Gasteiger partial charge < -0.3 is 23.9 Å². The maximum absolute atomic E-state index is 12.5. The number of hydrogen-bond acceptors (Lipinski definition) is 5. The first-order chi connectivity index (χ1) is 11.0. The maximum Gasteiger partial charge on any atom is 0.289 e. The van der Waals surface area contributed by atoms with Crippen molar-refractivity contribution in [3.05, 3.63) is 17.9 Å². The highest BCUT2D eigenvalue weighted by Gasteiger charge is 2.46. The fourth-order valence-electron chi connectivity index (χ4n) is 3.83.